The van der Waals surface area contributed by atoms with E-state index in [9.17, 15) is 9.59 Å². The van der Waals surface area contributed by atoms with Gasteiger partial charge in [-0.2, -0.15) is 0 Å². The molecule has 1 heterocycles. The lowest BCUT2D eigenvalue weighted by atomic mass is 9.99. The summed E-state index contributed by atoms with van der Waals surface area (Å²) in [6.45, 7) is 5.02. The summed E-state index contributed by atoms with van der Waals surface area (Å²) in [5.74, 6) is 0.0693. The van der Waals surface area contributed by atoms with Gasteiger partial charge in [-0.25, -0.2) is 0 Å². The van der Waals surface area contributed by atoms with Crippen LogP contribution in [0.4, 0.5) is 11.4 Å². The third-order valence-corrected chi connectivity index (χ3v) is 5.02. The minimum Gasteiger partial charge on any atom is -0.398 e. The highest BCUT2D eigenvalue weighted by Crippen LogP contribution is 2.32. The SMILES string of the molecule is CC(C)C(=O)N(C)Cc1ccc(C(=O)N2CCCc3c(N)cccc32)cc1.Cl. The summed E-state index contributed by atoms with van der Waals surface area (Å²) in [4.78, 5) is 28.6. The van der Waals surface area contributed by atoms with Crippen molar-refractivity contribution < 1.29 is 9.59 Å². The largest absolute Gasteiger partial charge is 0.398 e. The van der Waals surface area contributed by atoms with Gasteiger partial charge >= 0.3 is 0 Å². The van der Waals surface area contributed by atoms with Crippen molar-refractivity contribution in [3.63, 3.8) is 0 Å². The number of nitrogen functional groups attached to an aromatic ring is 1. The smallest absolute Gasteiger partial charge is 0.258 e. The molecule has 2 aromatic carbocycles. The fourth-order valence-electron chi connectivity index (χ4n) is 3.56. The van der Waals surface area contributed by atoms with E-state index in [-0.39, 0.29) is 30.1 Å². The van der Waals surface area contributed by atoms with E-state index >= 15 is 0 Å². The van der Waals surface area contributed by atoms with Crippen LogP contribution in [0.5, 0.6) is 0 Å². The minimum atomic E-state index is -0.0255. The first-order valence-electron chi connectivity index (χ1n) is 9.41. The van der Waals surface area contributed by atoms with Gasteiger partial charge in [-0.15, -0.1) is 12.4 Å². The van der Waals surface area contributed by atoms with Crippen LogP contribution in [-0.2, 0) is 17.8 Å². The Hall–Kier alpha value is -2.53. The fraction of sp³-hybridized carbons (Fsp3) is 0.364. The molecular formula is C22H28ClN3O2. The van der Waals surface area contributed by atoms with Crippen molar-refractivity contribution in [3.8, 4) is 0 Å². The van der Waals surface area contributed by atoms with E-state index < -0.39 is 0 Å². The lowest BCUT2D eigenvalue weighted by Crippen LogP contribution is -2.35. The van der Waals surface area contributed by atoms with Gasteiger partial charge in [-0.05, 0) is 48.2 Å². The Bertz CT molecular complexity index is 849. The van der Waals surface area contributed by atoms with Crippen LogP contribution in [0.15, 0.2) is 42.5 Å². The zero-order valence-corrected chi connectivity index (χ0v) is 17.5. The van der Waals surface area contributed by atoms with Gasteiger partial charge in [-0.3, -0.25) is 9.59 Å². The molecule has 2 N–H and O–H groups in total. The quantitative estimate of drug-likeness (QED) is 0.790. The molecule has 0 atom stereocenters. The van der Waals surface area contributed by atoms with Crippen molar-refractivity contribution in [2.45, 2.75) is 33.2 Å². The number of carbonyl (C=O) groups is 2. The number of amides is 2. The van der Waals surface area contributed by atoms with E-state index in [0.29, 0.717) is 18.7 Å². The minimum absolute atomic E-state index is 0. The lowest BCUT2D eigenvalue weighted by molar-refractivity contribution is -0.133. The Kier molecular flexibility index (Phi) is 7.08. The Balaban J connectivity index is 0.00000280. The van der Waals surface area contributed by atoms with Gasteiger partial charge in [0, 0.05) is 43.0 Å². The second-order valence-electron chi connectivity index (χ2n) is 7.45. The van der Waals surface area contributed by atoms with E-state index in [2.05, 4.69) is 0 Å². The normalized spacial score (nSPS) is 12.9. The molecule has 0 saturated heterocycles. The summed E-state index contributed by atoms with van der Waals surface area (Å²) in [5.41, 5.74) is 10.5. The molecular weight excluding hydrogens is 374 g/mol. The zero-order valence-electron chi connectivity index (χ0n) is 16.6. The number of rotatable bonds is 4. The van der Waals surface area contributed by atoms with Crippen molar-refractivity contribution >= 4 is 35.6 Å². The molecule has 0 bridgehead atoms. The number of halogens is 1. The average molecular weight is 402 g/mol. The number of fused-ring (bicyclic) bond motifs is 1. The fourth-order valence-corrected chi connectivity index (χ4v) is 3.56. The van der Waals surface area contributed by atoms with Crippen molar-refractivity contribution in [1.82, 2.24) is 4.90 Å². The molecule has 0 radical (unpaired) electrons. The van der Waals surface area contributed by atoms with E-state index in [0.717, 1.165) is 35.3 Å². The van der Waals surface area contributed by atoms with Gasteiger partial charge in [-0.1, -0.05) is 32.0 Å². The molecule has 1 aliphatic rings. The monoisotopic (exact) mass is 401 g/mol. The molecule has 150 valence electrons. The first kappa shape index (κ1) is 21.8. The Morgan fingerprint density at radius 3 is 2.46 bits per heavy atom. The molecule has 2 aromatic rings. The summed E-state index contributed by atoms with van der Waals surface area (Å²) in [7, 11) is 1.80. The molecule has 0 unspecified atom stereocenters. The van der Waals surface area contributed by atoms with Crippen LogP contribution < -0.4 is 10.6 Å². The van der Waals surface area contributed by atoms with Crippen molar-refractivity contribution in [2.75, 3.05) is 24.2 Å². The highest BCUT2D eigenvalue weighted by Gasteiger charge is 2.24. The van der Waals surface area contributed by atoms with E-state index in [1.165, 1.54) is 0 Å². The molecule has 6 heteroatoms. The van der Waals surface area contributed by atoms with Gasteiger partial charge in [0.05, 0.1) is 0 Å². The van der Waals surface area contributed by atoms with Crippen LogP contribution in [0.1, 0.15) is 41.8 Å². The Morgan fingerprint density at radius 2 is 1.82 bits per heavy atom. The van der Waals surface area contributed by atoms with Crippen molar-refractivity contribution in [2.24, 2.45) is 5.92 Å². The van der Waals surface area contributed by atoms with Gasteiger partial charge in [0.1, 0.15) is 0 Å². The Morgan fingerprint density at radius 1 is 1.14 bits per heavy atom. The topological polar surface area (TPSA) is 66.6 Å². The number of carbonyl (C=O) groups excluding carboxylic acids is 2. The van der Waals surface area contributed by atoms with Crippen LogP contribution in [0.2, 0.25) is 0 Å². The van der Waals surface area contributed by atoms with E-state index in [4.69, 9.17) is 5.73 Å². The predicted octanol–water partition coefficient (Wildman–Crippen LogP) is 3.90. The number of nitrogens with zero attached hydrogens (tertiary/aromatic N) is 2. The first-order chi connectivity index (χ1) is 12.9. The average Bonchev–Trinajstić information content (AvgIpc) is 2.67. The third-order valence-electron chi connectivity index (χ3n) is 5.02. The number of hydrogen-bond acceptors (Lipinski definition) is 3. The maximum Gasteiger partial charge on any atom is 0.258 e. The molecule has 0 aliphatic carbocycles. The molecule has 0 fully saturated rings. The molecule has 0 aromatic heterocycles. The van der Waals surface area contributed by atoms with Crippen LogP contribution in [0.25, 0.3) is 0 Å². The van der Waals surface area contributed by atoms with Crippen molar-refractivity contribution in [1.29, 1.82) is 0 Å². The number of anilines is 2. The van der Waals surface area contributed by atoms with Crippen LogP contribution in [-0.4, -0.2) is 30.3 Å². The van der Waals surface area contributed by atoms with Crippen LogP contribution in [0, 0.1) is 5.92 Å². The van der Waals surface area contributed by atoms with Crippen LogP contribution >= 0.6 is 12.4 Å². The maximum absolute atomic E-state index is 13.0. The first-order valence-corrected chi connectivity index (χ1v) is 9.41. The zero-order chi connectivity index (χ0) is 19.6. The summed E-state index contributed by atoms with van der Waals surface area (Å²) >= 11 is 0. The number of hydrogen-bond donors (Lipinski definition) is 1. The maximum atomic E-state index is 13.0. The van der Waals surface area contributed by atoms with E-state index in [1.54, 1.807) is 11.9 Å². The van der Waals surface area contributed by atoms with Gasteiger partial charge in [0.15, 0.2) is 0 Å². The van der Waals surface area contributed by atoms with Crippen LogP contribution in [0.3, 0.4) is 0 Å². The molecule has 0 spiro atoms. The standard InChI is InChI=1S/C22H27N3O2.ClH/c1-15(2)21(26)24(3)14-16-9-11-17(12-10-16)22(27)25-13-5-6-18-19(23)7-4-8-20(18)25;/h4,7-12,15H,5-6,13-14,23H2,1-3H3;1H. The summed E-state index contributed by atoms with van der Waals surface area (Å²) in [5, 5.41) is 0. The Labute approximate surface area is 172 Å². The molecule has 1 aliphatic heterocycles. The lowest BCUT2D eigenvalue weighted by Gasteiger charge is -2.30. The molecule has 28 heavy (non-hydrogen) atoms. The number of nitrogens with two attached hydrogens (primary N) is 1. The van der Waals surface area contributed by atoms with Crippen molar-refractivity contribution in [3.05, 3.63) is 59.2 Å². The highest BCUT2D eigenvalue weighted by atomic mass is 35.5. The highest BCUT2D eigenvalue weighted by molar-refractivity contribution is 6.07. The predicted molar refractivity (Wildman–Crippen MR) is 116 cm³/mol. The van der Waals surface area contributed by atoms with Gasteiger partial charge in [0.25, 0.3) is 5.91 Å². The third kappa shape index (κ3) is 4.47. The summed E-state index contributed by atoms with van der Waals surface area (Å²) < 4.78 is 0. The summed E-state index contributed by atoms with van der Waals surface area (Å²) in [6.07, 6.45) is 1.81. The second-order valence-corrected chi connectivity index (χ2v) is 7.45. The molecule has 3 rings (SSSR count). The molecule has 5 nitrogen and oxygen atoms in total. The molecule has 2 amide bonds. The molecule has 0 saturated carbocycles. The van der Waals surface area contributed by atoms with E-state index in [1.807, 2.05) is 61.2 Å². The van der Waals surface area contributed by atoms with Gasteiger partial charge < -0.3 is 15.5 Å². The second kappa shape index (κ2) is 9.11. The number of benzene rings is 2. The van der Waals surface area contributed by atoms with Gasteiger partial charge in [0.2, 0.25) is 5.91 Å². The summed E-state index contributed by atoms with van der Waals surface area (Å²) in [6, 6.07) is 13.3.